The maximum Gasteiger partial charge on any atom is 0.349 e. The Morgan fingerprint density at radius 1 is 0.660 bits per heavy atom. The van der Waals surface area contributed by atoms with Crippen LogP contribution in [0.25, 0.3) is 4.85 Å². The van der Waals surface area contributed by atoms with Gasteiger partial charge >= 0.3 is 23.9 Å². The molecule has 0 saturated carbocycles. The van der Waals surface area contributed by atoms with Gasteiger partial charge in [0.25, 0.3) is 0 Å². The Balaban J connectivity index is 1.52. The van der Waals surface area contributed by atoms with Crippen molar-refractivity contribution in [2.45, 2.75) is 25.7 Å². The molecular formula is C36H30Cl2N2O10. The molecule has 0 amide bonds. The summed E-state index contributed by atoms with van der Waals surface area (Å²) in [6.45, 7) is 15.2. The molecule has 3 rings (SSSR count). The summed E-state index contributed by atoms with van der Waals surface area (Å²) >= 11 is 10.9. The minimum absolute atomic E-state index is 0.154. The molecule has 258 valence electrons. The average Bonchev–Trinajstić information content (AvgIpc) is 3.11. The third-order valence-corrected chi connectivity index (χ3v) is 6.74. The number of benzene rings is 3. The summed E-state index contributed by atoms with van der Waals surface area (Å²) in [6.07, 6.45) is 2.28. The van der Waals surface area contributed by atoms with Crippen molar-refractivity contribution in [3.8, 4) is 29.1 Å². The van der Waals surface area contributed by atoms with Gasteiger partial charge in [-0.2, -0.15) is 5.26 Å². The van der Waals surface area contributed by atoms with E-state index >= 15 is 0 Å². The van der Waals surface area contributed by atoms with Crippen LogP contribution in [0.3, 0.4) is 0 Å². The first kappa shape index (κ1) is 38.6. The Morgan fingerprint density at radius 2 is 1.06 bits per heavy atom. The van der Waals surface area contributed by atoms with Crippen molar-refractivity contribution < 1.29 is 47.6 Å². The van der Waals surface area contributed by atoms with Crippen molar-refractivity contribution in [1.29, 1.82) is 5.26 Å². The quantitative estimate of drug-likeness (QED) is 0.0423. The highest BCUT2D eigenvalue weighted by Crippen LogP contribution is 2.38. The first-order valence-electron chi connectivity index (χ1n) is 14.9. The highest BCUT2D eigenvalue weighted by atomic mass is 35.5. The summed E-state index contributed by atoms with van der Waals surface area (Å²) in [4.78, 5) is 51.5. The second-order valence-corrected chi connectivity index (χ2v) is 10.9. The largest absolute Gasteiger partial charge is 0.494 e. The van der Waals surface area contributed by atoms with Crippen LogP contribution in [-0.4, -0.2) is 50.3 Å². The van der Waals surface area contributed by atoms with E-state index in [-0.39, 0.29) is 57.2 Å². The zero-order valence-corrected chi connectivity index (χ0v) is 28.1. The highest BCUT2D eigenvalue weighted by molar-refractivity contribution is 6.41. The van der Waals surface area contributed by atoms with Crippen molar-refractivity contribution in [3.05, 3.63) is 112 Å². The second-order valence-electron chi connectivity index (χ2n) is 10.0. The lowest BCUT2D eigenvalue weighted by molar-refractivity contribution is -0.139. The third kappa shape index (κ3) is 12.0. The SMILES string of the molecule is [C-]#[N+]c1c(OC(=O)c2ccc(OCCCCOC(=O)C(=C)Cl)cc2)ccc(OC(=O)c2ccc(OCCCCOC(=O)C(=C)Cl)cc2)c1C#N. The van der Waals surface area contributed by atoms with Crippen LogP contribution in [0.5, 0.6) is 23.0 Å². The number of unbranched alkanes of at least 4 members (excludes halogenated alkanes) is 2. The van der Waals surface area contributed by atoms with Crippen molar-refractivity contribution >= 4 is 52.8 Å². The fraction of sp³-hybridized carbons (Fsp3) is 0.222. The molecule has 0 fully saturated rings. The summed E-state index contributed by atoms with van der Waals surface area (Å²) in [5.41, 5.74) is -0.285. The second kappa shape index (κ2) is 19.9. The van der Waals surface area contributed by atoms with Crippen molar-refractivity contribution in [2.75, 3.05) is 26.4 Å². The average molecular weight is 722 g/mol. The summed E-state index contributed by atoms with van der Waals surface area (Å²) in [5, 5.41) is 9.41. The summed E-state index contributed by atoms with van der Waals surface area (Å²) in [6, 6.07) is 16.5. The van der Waals surface area contributed by atoms with Crippen molar-refractivity contribution in [3.63, 3.8) is 0 Å². The molecule has 3 aromatic rings. The molecule has 0 aliphatic carbocycles. The molecule has 0 aromatic heterocycles. The molecule has 0 bridgehead atoms. The molecule has 0 aliphatic rings. The molecular weight excluding hydrogens is 691 g/mol. The molecule has 14 heteroatoms. The van der Waals surface area contributed by atoms with Gasteiger partial charge in [0.1, 0.15) is 38.6 Å². The van der Waals surface area contributed by atoms with Gasteiger partial charge in [0, 0.05) is 0 Å². The van der Waals surface area contributed by atoms with E-state index in [1.807, 2.05) is 6.07 Å². The first-order chi connectivity index (χ1) is 24.0. The van der Waals surface area contributed by atoms with Crippen LogP contribution in [0.4, 0.5) is 5.69 Å². The molecule has 0 atom stereocenters. The van der Waals surface area contributed by atoms with Crippen LogP contribution < -0.4 is 18.9 Å². The lowest BCUT2D eigenvalue weighted by Gasteiger charge is -2.12. The molecule has 0 saturated heterocycles. The number of carbonyl (C=O) groups excluding carboxylic acids is 4. The Bertz CT molecular complexity index is 1680. The number of ether oxygens (including phenoxy) is 6. The van der Waals surface area contributed by atoms with Crippen LogP contribution >= 0.6 is 23.2 Å². The Kier molecular flexibility index (Phi) is 15.3. The summed E-state index contributed by atoms with van der Waals surface area (Å²) < 4.78 is 31.9. The fourth-order valence-corrected chi connectivity index (χ4v) is 4.02. The van der Waals surface area contributed by atoms with E-state index in [1.165, 1.54) is 36.4 Å². The Hall–Kier alpha value is -5.82. The fourth-order valence-electron chi connectivity index (χ4n) is 3.91. The molecule has 0 unspecified atom stereocenters. The van der Waals surface area contributed by atoms with Crippen LogP contribution in [0.2, 0.25) is 0 Å². The van der Waals surface area contributed by atoms with Gasteiger partial charge in [0.05, 0.1) is 50.2 Å². The van der Waals surface area contributed by atoms with Crippen molar-refractivity contribution in [1.82, 2.24) is 0 Å². The van der Waals surface area contributed by atoms with Crippen LogP contribution in [-0.2, 0) is 19.1 Å². The number of rotatable bonds is 18. The van der Waals surface area contributed by atoms with E-state index in [1.54, 1.807) is 24.3 Å². The zero-order chi connectivity index (χ0) is 36.5. The van der Waals surface area contributed by atoms with E-state index in [0.717, 1.165) is 0 Å². The normalized spacial score (nSPS) is 10.1. The lowest BCUT2D eigenvalue weighted by Crippen LogP contribution is -2.11. The third-order valence-electron chi connectivity index (χ3n) is 6.44. The molecule has 0 radical (unpaired) electrons. The van der Waals surface area contributed by atoms with E-state index in [2.05, 4.69) is 18.0 Å². The van der Waals surface area contributed by atoms with E-state index in [9.17, 15) is 24.4 Å². The number of carbonyl (C=O) groups is 4. The van der Waals surface area contributed by atoms with Crippen LogP contribution in [0.1, 0.15) is 52.0 Å². The zero-order valence-electron chi connectivity index (χ0n) is 26.6. The topological polar surface area (TPSA) is 152 Å². The van der Waals surface area contributed by atoms with Gasteiger partial charge in [-0.05, 0) is 86.3 Å². The Morgan fingerprint density at radius 3 is 1.46 bits per heavy atom. The molecule has 3 aromatic carbocycles. The van der Waals surface area contributed by atoms with Gasteiger partial charge < -0.3 is 28.4 Å². The smallest absolute Gasteiger partial charge is 0.349 e. The van der Waals surface area contributed by atoms with Gasteiger partial charge in [0.15, 0.2) is 0 Å². The highest BCUT2D eigenvalue weighted by Gasteiger charge is 2.21. The minimum atomic E-state index is -0.792. The van der Waals surface area contributed by atoms with Gasteiger partial charge in [-0.25, -0.2) is 24.0 Å². The molecule has 0 N–H and O–H groups in total. The van der Waals surface area contributed by atoms with Gasteiger partial charge in [-0.15, -0.1) is 0 Å². The molecule has 0 heterocycles. The van der Waals surface area contributed by atoms with E-state index in [4.69, 9.17) is 58.2 Å². The predicted octanol–water partition coefficient (Wildman–Crippen LogP) is 7.46. The van der Waals surface area contributed by atoms with Gasteiger partial charge in [0.2, 0.25) is 5.69 Å². The predicted molar refractivity (Wildman–Crippen MR) is 182 cm³/mol. The first-order valence-corrected chi connectivity index (χ1v) is 15.7. The standard InChI is InChI=1S/C36H30Cl2N2O10/c1-23(37)33(41)47-20-6-4-18-45-27-12-8-25(9-13-27)35(43)49-30-16-17-31(32(40-3)29(30)22-39)50-36(44)26-10-14-28(15-11-26)46-19-5-7-21-48-34(42)24(2)38/h8-17H,1-2,4-7,18-21H2. The number of nitrogens with zero attached hydrogens (tertiary/aromatic N) is 2. The summed E-state index contributed by atoms with van der Waals surface area (Å²) in [5.74, 6) is -2.33. The maximum absolute atomic E-state index is 12.8. The number of halogens is 2. The number of hydrogen-bond donors (Lipinski definition) is 0. The van der Waals surface area contributed by atoms with E-state index < -0.39 is 23.9 Å². The minimum Gasteiger partial charge on any atom is -0.494 e. The number of hydrogen-bond acceptors (Lipinski definition) is 11. The lowest BCUT2D eigenvalue weighted by atomic mass is 10.1. The van der Waals surface area contributed by atoms with Crippen LogP contribution in [0.15, 0.2) is 83.9 Å². The number of esters is 4. The Labute approximate surface area is 298 Å². The van der Waals surface area contributed by atoms with E-state index in [0.29, 0.717) is 50.4 Å². The van der Waals surface area contributed by atoms with Crippen LogP contribution in [0, 0.1) is 17.9 Å². The van der Waals surface area contributed by atoms with Gasteiger partial charge in [-0.1, -0.05) is 36.4 Å². The van der Waals surface area contributed by atoms with Crippen molar-refractivity contribution in [2.24, 2.45) is 0 Å². The molecule has 12 nitrogen and oxygen atoms in total. The number of nitriles is 1. The molecule has 50 heavy (non-hydrogen) atoms. The molecule has 0 spiro atoms. The maximum atomic E-state index is 12.8. The van der Waals surface area contributed by atoms with Gasteiger partial charge in [-0.3, -0.25) is 0 Å². The monoisotopic (exact) mass is 720 g/mol. The molecule has 0 aliphatic heterocycles. The summed E-state index contributed by atoms with van der Waals surface area (Å²) in [7, 11) is 0.